The van der Waals surface area contributed by atoms with Crippen molar-refractivity contribution < 1.29 is 4.79 Å². The molecule has 0 bridgehead atoms. The summed E-state index contributed by atoms with van der Waals surface area (Å²) in [4.78, 5) is 20.1. The smallest absolute Gasteiger partial charge is 0.271 e. The Morgan fingerprint density at radius 1 is 1.00 bits per heavy atom. The Bertz CT molecular complexity index is 1210. The second kappa shape index (κ2) is 7.62. The van der Waals surface area contributed by atoms with E-state index in [2.05, 4.69) is 25.4 Å². The van der Waals surface area contributed by atoms with Gasteiger partial charge in [-0.05, 0) is 40.8 Å². The van der Waals surface area contributed by atoms with Gasteiger partial charge in [0.1, 0.15) is 5.69 Å². The molecule has 0 unspecified atom stereocenters. The number of nitrogens with zero attached hydrogens (tertiary/aromatic N) is 6. The Kier molecular flexibility index (Phi) is 4.80. The minimum absolute atomic E-state index is 0.130. The fourth-order valence-corrected chi connectivity index (χ4v) is 4.12. The number of benzene rings is 2. The summed E-state index contributed by atoms with van der Waals surface area (Å²) >= 11 is 12.5. The summed E-state index contributed by atoms with van der Waals surface area (Å²) < 4.78 is 1.70. The first kappa shape index (κ1) is 18.9. The number of amides is 1. The Balaban J connectivity index is 1.33. The van der Waals surface area contributed by atoms with E-state index in [1.165, 1.54) is 0 Å². The summed E-state index contributed by atoms with van der Waals surface area (Å²) in [5, 5.41) is 13.8. The number of anilines is 1. The molecular weight excluding hydrogens is 425 g/mol. The van der Waals surface area contributed by atoms with Crippen LogP contribution in [-0.4, -0.2) is 62.2 Å². The van der Waals surface area contributed by atoms with Gasteiger partial charge >= 0.3 is 0 Å². The lowest BCUT2D eigenvalue weighted by Crippen LogP contribution is -2.49. The second-order valence-electron chi connectivity index (χ2n) is 7.01. The van der Waals surface area contributed by atoms with Crippen molar-refractivity contribution in [3.8, 4) is 5.69 Å². The Morgan fingerprint density at radius 3 is 2.53 bits per heavy atom. The van der Waals surface area contributed by atoms with Crippen molar-refractivity contribution in [2.24, 2.45) is 0 Å². The van der Waals surface area contributed by atoms with Crippen LogP contribution in [0.4, 0.5) is 5.95 Å². The van der Waals surface area contributed by atoms with Crippen LogP contribution in [-0.2, 0) is 0 Å². The number of H-pyrrole nitrogens is 1. The van der Waals surface area contributed by atoms with E-state index in [1.807, 2.05) is 36.4 Å². The third kappa shape index (κ3) is 3.28. The number of para-hydroxylation sites is 1. The number of fused-ring (bicyclic) bond motifs is 1. The highest BCUT2D eigenvalue weighted by molar-refractivity contribution is 6.39. The topological polar surface area (TPSA) is 82.9 Å². The maximum Gasteiger partial charge on any atom is 0.271 e. The quantitative estimate of drug-likeness (QED) is 0.526. The highest BCUT2D eigenvalue weighted by Gasteiger charge is 2.28. The van der Waals surface area contributed by atoms with Crippen LogP contribution < -0.4 is 4.90 Å². The summed E-state index contributed by atoms with van der Waals surface area (Å²) in [5.74, 6) is 0.529. The molecule has 0 saturated carbocycles. The first-order valence-electron chi connectivity index (χ1n) is 9.46. The number of hydrogen-bond donors (Lipinski definition) is 1. The number of piperazine rings is 1. The lowest BCUT2D eigenvalue weighted by molar-refractivity contribution is 0.0741. The SMILES string of the molecule is O=C(c1[nH]c2ccc(Cl)cc2c1Cl)N1CCN(c2nnnn2-c2ccccc2)CC1. The second-order valence-corrected chi connectivity index (χ2v) is 7.82. The number of nitrogens with one attached hydrogen (secondary N) is 1. The summed E-state index contributed by atoms with van der Waals surface area (Å²) in [5.41, 5.74) is 2.06. The van der Waals surface area contributed by atoms with Crippen molar-refractivity contribution in [2.75, 3.05) is 31.1 Å². The van der Waals surface area contributed by atoms with Gasteiger partial charge in [-0.3, -0.25) is 4.79 Å². The molecule has 0 aliphatic carbocycles. The van der Waals surface area contributed by atoms with E-state index in [9.17, 15) is 4.79 Å². The fourth-order valence-electron chi connectivity index (χ4n) is 3.66. The lowest BCUT2D eigenvalue weighted by Gasteiger charge is -2.34. The van der Waals surface area contributed by atoms with Crippen LogP contribution in [0.2, 0.25) is 10.0 Å². The average molecular weight is 442 g/mol. The van der Waals surface area contributed by atoms with E-state index in [0.29, 0.717) is 47.9 Å². The molecule has 30 heavy (non-hydrogen) atoms. The fraction of sp³-hybridized carbons (Fsp3) is 0.200. The highest BCUT2D eigenvalue weighted by Crippen LogP contribution is 2.30. The standard InChI is InChI=1S/C20H17Cl2N7O/c21-13-6-7-16-15(12-13)17(22)18(23-16)19(30)27-8-10-28(11-9-27)20-24-25-26-29(20)14-4-2-1-3-5-14/h1-7,12,23H,8-11H2. The van der Waals surface area contributed by atoms with Crippen molar-refractivity contribution in [1.29, 1.82) is 0 Å². The van der Waals surface area contributed by atoms with Crippen LogP contribution in [0.15, 0.2) is 48.5 Å². The number of hydrogen-bond acceptors (Lipinski definition) is 5. The summed E-state index contributed by atoms with van der Waals surface area (Å²) in [6.07, 6.45) is 0. The molecule has 2 aromatic heterocycles. The zero-order valence-electron chi connectivity index (χ0n) is 15.8. The summed E-state index contributed by atoms with van der Waals surface area (Å²) in [6.45, 7) is 2.30. The molecule has 10 heteroatoms. The lowest BCUT2D eigenvalue weighted by atomic mass is 10.2. The molecule has 3 heterocycles. The van der Waals surface area contributed by atoms with Crippen LogP contribution in [0, 0.1) is 0 Å². The highest BCUT2D eigenvalue weighted by atomic mass is 35.5. The van der Waals surface area contributed by atoms with Gasteiger partial charge in [0.05, 0.1) is 10.7 Å². The first-order valence-corrected chi connectivity index (χ1v) is 10.2. The van der Waals surface area contributed by atoms with Crippen molar-refractivity contribution in [3.05, 3.63) is 64.3 Å². The number of carbonyl (C=O) groups is 1. The predicted molar refractivity (Wildman–Crippen MR) is 116 cm³/mol. The van der Waals surface area contributed by atoms with Crippen molar-refractivity contribution in [3.63, 3.8) is 0 Å². The normalized spacial score (nSPS) is 14.5. The van der Waals surface area contributed by atoms with E-state index in [-0.39, 0.29) is 5.91 Å². The molecule has 152 valence electrons. The van der Waals surface area contributed by atoms with Gasteiger partial charge in [0.15, 0.2) is 0 Å². The number of rotatable bonds is 3. The van der Waals surface area contributed by atoms with Gasteiger partial charge in [-0.25, -0.2) is 0 Å². The number of carbonyl (C=O) groups excluding carboxylic acids is 1. The molecule has 1 fully saturated rings. The summed E-state index contributed by atoms with van der Waals surface area (Å²) in [7, 11) is 0. The molecule has 1 saturated heterocycles. The molecule has 5 rings (SSSR count). The van der Waals surface area contributed by atoms with E-state index in [1.54, 1.807) is 21.7 Å². The van der Waals surface area contributed by atoms with Crippen LogP contribution in [0.3, 0.4) is 0 Å². The van der Waals surface area contributed by atoms with Gasteiger partial charge in [0.2, 0.25) is 5.95 Å². The van der Waals surface area contributed by atoms with Gasteiger partial charge in [-0.1, -0.05) is 46.5 Å². The number of aromatic nitrogens is 5. The number of aromatic amines is 1. The van der Waals surface area contributed by atoms with Gasteiger partial charge in [-0.15, -0.1) is 0 Å². The molecule has 0 spiro atoms. The number of halogens is 2. The largest absolute Gasteiger partial charge is 0.349 e. The molecular formula is C20H17Cl2N7O. The zero-order chi connectivity index (χ0) is 20.7. The van der Waals surface area contributed by atoms with Gasteiger partial charge < -0.3 is 14.8 Å². The van der Waals surface area contributed by atoms with E-state index in [0.717, 1.165) is 16.6 Å². The predicted octanol–water partition coefficient (Wildman–Crippen LogP) is 3.41. The monoisotopic (exact) mass is 441 g/mol. The van der Waals surface area contributed by atoms with Crippen LogP contribution >= 0.6 is 23.2 Å². The maximum absolute atomic E-state index is 13.1. The van der Waals surface area contributed by atoms with E-state index < -0.39 is 0 Å². The van der Waals surface area contributed by atoms with Crippen molar-refractivity contribution in [1.82, 2.24) is 30.1 Å². The molecule has 2 aromatic carbocycles. The zero-order valence-corrected chi connectivity index (χ0v) is 17.3. The molecule has 0 atom stereocenters. The van der Waals surface area contributed by atoms with Crippen molar-refractivity contribution >= 4 is 46.0 Å². The molecule has 1 N–H and O–H groups in total. The third-order valence-electron chi connectivity index (χ3n) is 5.21. The molecule has 4 aromatic rings. The maximum atomic E-state index is 13.1. The summed E-state index contributed by atoms with van der Waals surface area (Å²) in [6, 6.07) is 15.1. The van der Waals surface area contributed by atoms with E-state index in [4.69, 9.17) is 23.2 Å². The molecule has 1 aliphatic rings. The first-order chi connectivity index (χ1) is 14.6. The minimum atomic E-state index is -0.130. The van der Waals surface area contributed by atoms with Crippen LogP contribution in [0.5, 0.6) is 0 Å². The van der Waals surface area contributed by atoms with Gasteiger partial charge in [-0.2, -0.15) is 4.68 Å². The molecule has 1 aliphatic heterocycles. The minimum Gasteiger partial charge on any atom is -0.349 e. The molecule has 8 nitrogen and oxygen atoms in total. The number of tetrazole rings is 1. The average Bonchev–Trinajstić information content (AvgIpc) is 3.39. The third-order valence-corrected chi connectivity index (χ3v) is 5.84. The van der Waals surface area contributed by atoms with Gasteiger partial charge in [0.25, 0.3) is 5.91 Å². The Labute approximate surface area is 182 Å². The van der Waals surface area contributed by atoms with E-state index >= 15 is 0 Å². The molecule has 1 amide bonds. The van der Waals surface area contributed by atoms with Gasteiger partial charge in [0, 0.05) is 42.1 Å². The van der Waals surface area contributed by atoms with Crippen LogP contribution in [0.1, 0.15) is 10.5 Å². The Morgan fingerprint density at radius 2 is 1.77 bits per heavy atom. The van der Waals surface area contributed by atoms with Crippen molar-refractivity contribution in [2.45, 2.75) is 0 Å². The van der Waals surface area contributed by atoms with Crippen LogP contribution in [0.25, 0.3) is 16.6 Å². The Hall–Kier alpha value is -3.10. The molecule has 0 radical (unpaired) electrons.